The van der Waals surface area contributed by atoms with Crippen molar-refractivity contribution in [2.75, 3.05) is 6.54 Å². The minimum Gasteiger partial charge on any atom is -0.312 e. The lowest BCUT2D eigenvalue weighted by Gasteiger charge is -2.28. The average Bonchev–Trinajstić information content (AvgIpc) is 3.20. The molecule has 2 heterocycles. The van der Waals surface area contributed by atoms with E-state index in [1.807, 2.05) is 0 Å². The summed E-state index contributed by atoms with van der Waals surface area (Å²) in [7, 11) is 0. The number of rotatable bonds is 2. The molecule has 0 bridgehead atoms. The van der Waals surface area contributed by atoms with Crippen molar-refractivity contribution in [1.82, 2.24) is 9.80 Å². The molecule has 3 aliphatic rings. The van der Waals surface area contributed by atoms with Crippen molar-refractivity contribution in [2.24, 2.45) is 0 Å². The SMILES string of the molecule is O=C1[C@@H]2CCCN2C(=O)N1[C@H]1CCC[C@@H]1c1ccc(F)cc1. The Morgan fingerprint density at radius 2 is 1.77 bits per heavy atom. The Labute approximate surface area is 128 Å². The molecule has 5 heteroatoms. The monoisotopic (exact) mass is 302 g/mol. The number of urea groups is 1. The van der Waals surface area contributed by atoms with Gasteiger partial charge in [-0.25, -0.2) is 9.18 Å². The van der Waals surface area contributed by atoms with Gasteiger partial charge >= 0.3 is 6.03 Å². The van der Waals surface area contributed by atoms with E-state index in [4.69, 9.17) is 0 Å². The molecule has 1 saturated carbocycles. The normalized spacial score (nSPS) is 31.2. The molecule has 116 valence electrons. The van der Waals surface area contributed by atoms with E-state index in [0.717, 1.165) is 37.7 Å². The average molecular weight is 302 g/mol. The van der Waals surface area contributed by atoms with Crippen LogP contribution >= 0.6 is 0 Å². The summed E-state index contributed by atoms with van der Waals surface area (Å²) in [5.74, 6) is -0.151. The van der Waals surface area contributed by atoms with Gasteiger partial charge in [-0.3, -0.25) is 9.69 Å². The molecule has 1 aliphatic carbocycles. The van der Waals surface area contributed by atoms with Gasteiger partial charge in [0.15, 0.2) is 0 Å². The number of fused-ring (bicyclic) bond motifs is 1. The van der Waals surface area contributed by atoms with Crippen molar-refractivity contribution in [1.29, 1.82) is 0 Å². The van der Waals surface area contributed by atoms with Gasteiger partial charge in [-0.1, -0.05) is 18.6 Å². The summed E-state index contributed by atoms with van der Waals surface area (Å²) in [6.07, 6.45) is 4.49. The molecular formula is C17H19FN2O2. The van der Waals surface area contributed by atoms with Crippen molar-refractivity contribution in [3.63, 3.8) is 0 Å². The maximum atomic E-state index is 13.1. The smallest absolute Gasteiger partial charge is 0.312 e. The molecule has 0 radical (unpaired) electrons. The maximum Gasteiger partial charge on any atom is 0.327 e. The topological polar surface area (TPSA) is 40.6 Å². The largest absolute Gasteiger partial charge is 0.327 e. The minimum absolute atomic E-state index is 0.0264. The fourth-order valence-corrected chi connectivity index (χ4v) is 4.30. The summed E-state index contributed by atoms with van der Waals surface area (Å²) >= 11 is 0. The van der Waals surface area contributed by atoms with Crippen LogP contribution in [-0.4, -0.2) is 40.4 Å². The Hall–Kier alpha value is -1.91. The third-order valence-electron chi connectivity index (χ3n) is 5.34. The summed E-state index contributed by atoms with van der Waals surface area (Å²) in [5.41, 5.74) is 1.02. The number of carbonyl (C=O) groups is 2. The first kappa shape index (κ1) is 13.7. The molecule has 4 nitrogen and oxygen atoms in total. The number of carbonyl (C=O) groups excluding carboxylic acids is 2. The number of benzene rings is 1. The zero-order valence-electron chi connectivity index (χ0n) is 12.4. The maximum absolute atomic E-state index is 13.1. The van der Waals surface area contributed by atoms with Gasteiger partial charge in [0.1, 0.15) is 11.9 Å². The van der Waals surface area contributed by atoms with E-state index in [1.165, 1.54) is 17.0 Å². The molecule has 2 saturated heterocycles. The number of halogens is 1. The molecule has 1 aromatic rings. The van der Waals surface area contributed by atoms with Gasteiger partial charge in [0.25, 0.3) is 5.91 Å². The van der Waals surface area contributed by atoms with Gasteiger partial charge in [-0.15, -0.1) is 0 Å². The van der Waals surface area contributed by atoms with Crippen LogP contribution in [0, 0.1) is 5.82 Å². The Morgan fingerprint density at radius 3 is 2.50 bits per heavy atom. The van der Waals surface area contributed by atoms with Crippen molar-refractivity contribution in [2.45, 2.75) is 50.1 Å². The van der Waals surface area contributed by atoms with E-state index < -0.39 is 0 Å². The Morgan fingerprint density at radius 1 is 1.00 bits per heavy atom. The third-order valence-corrected chi connectivity index (χ3v) is 5.34. The number of hydrogen-bond acceptors (Lipinski definition) is 2. The van der Waals surface area contributed by atoms with E-state index in [2.05, 4.69) is 0 Å². The standard InChI is InChI=1S/C17H19FN2O2/c18-12-8-6-11(7-9-12)13-3-1-4-14(13)20-16(21)15-5-2-10-19(15)17(20)22/h6-9,13-15H,1-5,10H2/t13-,14+,15+/m1/s1. The fourth-order valence-electron chi connectivity index (χ4n) is 4.30. The lowest BCUT2D eigenvalue weighted by Crippen LogP contribution is -2.43. The van der Waals surface area contributed by atoms with Crippen LogP contribution < -0.4 is 0 Å². The van der Waals surface area contributed by atoms with Gasteiger partial charge in [-0.05, 0) is 43.4 Å². The van der Waals surface area contributed by atoms with Crippen LogP contribution in [0.25, 0.3) is 0 Å². The Kier molecular flexibility index (Phi) is 3.17. The van der Waals surface area contributed by atoms with Crippen LogP contribution in [0.3, 0.4) is 0 Å². The lowest BCUT2D eigenvalue weighted by molar-refractivity contribution is -0.129. The highest BCUT2D eigenvalue weighted by atomic mass is 19.1. The number of nitrogens with zero attached hydrogens (tertiary/aromatic N) is 2. The molecule has 0 N–H and O–H groups in total. The minimum atomic E-state index is -0.257. The molecule has 2 aliphatic heterocycles. The van der Waals surface area contributed by atoms with E-state index in [1.54, 1.807) is 17.0 Å². The second kappa shape index (κ2) is 5.07. The molecule has 0 unspecified atom stereocenters. The van der Waals surface area contributed by atoms with Gasteiger partial charge in [0.2, 0.25) is 0 Å². The molecule has 3 fully saturated rings. The molecule has 0 spiro atoms. The Balaban J connectivity index is 1.62. The highest BCUT2D eigenvalue weighted by Gasteiger charge is 2.52. The predicted octanol–water partition coefficient (Wildman–Crippen LogP) is 2.89. The molecule has 3 atom stereocenters. The highest BCUT2D eigenvalue weighted by Crippen LogP contribution is 2.41. The molecule has 0 aromatic heterocycles. The zero-order chi connectivity index (χ0) is 15.3. The van der Waals surface area contributed by atoms with Crippen molar-refractivity contribution < 1.29 is 14.0 Å². The molecule has 22 heavy (non-hydrogen) atoms. The summed E-state index contributed by atoms with van der Waals surface area (Å²) in [4.78, 5) is 28.4. The van der Waals surface area contributed by atoms with Crippen LogP contribution in [0.15, 0.2) is 24.3 Å². The van der Waals surface area contributed by atoms with Gasteiger partial charge < -0.3 is 4.90 Å². The summed E-state index contributed by atoms with van der Waals surface area (Å²) in [5, 5.41) is 0. The highest BCUT2D eigenvalue weighted by molar-refractivity contribution is 6.05. The van der Waals surface area contributed by atoms with Crippen LogP contribution in [0.4, 0.5) is 9.18 Å². The molecule has 4 rings (SSSR count). The van der Waals surface area contributed by atoms with E-state index in [9.17, 15) is 14.0 Å². The van der Waals surface area contributed by atoms with Crippen molar-refractivity contribution in [3.05, 3.63) is 35.6 Å². The second-order valence-electron chi connectivity index (χ2n) is 6.50. The van der Waals surface area contributed by atoms with Gasteiger partial charge in [-0.2, -0.15) is 0 Å². The fraction of sp³-hybridized carbons (Fsp3) is 0.529. The summed E-state index contributed by atoms with van der Waals surface area (Å²) < 4.78 is 13.1. The van der Waals surface area contributed by atoms with Gasteiger partial charge in [0.05, 0.1) is 0 Å². The van der Waals surface area contributed by atoms with Crippen LogP contribution in [0.1, 0.15) is 43.6 Å². The van der Waals surface area contributed by atoms with E-state index in [-0.39, 0.29) is 35.8 Å². The van der Waals surface area contributed by atoms with Crippen LogP contribution in [0.2, 0.25) is 0 Å². The Bertz CT molecular complexity index is 594. The quantitative estimate of drug-likeness (QED) is 0.788. The number of amides is 3. The zero-order valence-corrected chi connectivity index (χ0v) is 12.4. The second-order valence-corrected chi connectivity index (χ2v) is 6.50. The first-order valence-electron chi connectivity index (χ1n) is 8.06. The first-order valence-corrected chi connectivity index (χ1v) is 8.06. The molecule has 1 aromatic carbocycles. The molecular weight excluding hydrogens is 283 g/mol. The van der Waals surface area contributed by atoms with Crippen molar-refractivity contribution >= 4 is 11.9 Å². The molecule has 3 amide bonds. The summed E-state index contributed by atoms with van der Waals surface area (Å²) in [6.45, 7) is 0.694. The van der Waals surface area contributed by atoms with Crippen molar-refractivity contribution in [3.8, 4) is 0 Å². The third kappa shape index (κ3) is 1.95. The van der Waals surface area contributed by atoms with E-state index >= 15 is 0 Å². The van der Waals surface area contributed by atoms with Crippen LogP contribution in [0.5, 0.6) is 0 Å². The lowest BCUT2D eigenvalue weighted by atomic mass is 9.93. The number of imide groups is 1. The number of hydrogen-bond donors (Lipinski definition) is 0. The predicted molar refractivity (Wildman–Crippen MR) is 78.8 cm³/mol. The van der Waals surface area contributed by atoms with E-state index in [0.29, 0.717) is 6.54 Å². The summed E-state index contributed by atoms with van der Waals surface area (Å²) in [6, 6.07) is 6.05. The van der Waals surface area contributed by atoms with Gasteiger partial charge in [0, 0.05) is 18.5 Å². The van der Waals surface area contributed by atoms with Crippen LogP contribution in [-0.2, 0) is 4.79 Å². The first-order chi connectivity index (χ1) is 10.7.